The fourth-order valence-electron chi connectivity index (χ4n) is 3.01. The number of aliphatic hydroxyl groups excluding tert-OH is 1. The van der Waals surface area contributed by atoms with Crippen LogP contribution in [0.2, 0.25) is 5.02 Å². The smallest absolute Gasteiger partial charge is 0.317 e. The maximum Gasteiger partial charge on any atom is 0.317 e. The topological polar surface area (TPSA) is 93.0 Å². The molecule has 2 heterocycles. The van der Waals surface area contributed by atoms with E-state index in [2.05, 4.69) is 25.3 Å². The Bertz CT molecular complexity index is 966. The van der Waals surface area contributed by atoms with E-state index >= 15 is 0 Å². The molecule has 0 saturated heterocycles. The number of nitrogens with zero attached hydrogens (tertiary/aromatic N) is 4. The van der Waals surface area contributed by atoms with Crippen molar-refractivity contribution < 1.29 is 14.2 Å². The van der Waals surface area contributed by atoms with Gasteiger partial charge in [-0.3, -0.25) is 0 Å². The van der Waals surface area contributed by atoms with Crippen LogP contribution in [0.5, 0.6) is 6.01 Å². The van der Waals surface area contributed by atoms with Gasteiger partial charge in [-0.05, 0) is 43.9 Å². The second-order valence-electron chi connectivity index (χ2n) is 6.41. The summed E-state index contributed by atoms with van der Waals surface area (Å²) in [6.45, 7) is 0. The van der Waals surface area contributed by atoms with Gasteiger partial charge in [0.15, 0.2) is 5.82 Å². The van der Waals surface area contributed by atoms with E-state index in [1.54, 1.807) is 12.3 Å². The van der Waals surface area contributed by atoms with E-state index in [1.165, 1.54) is 18.5 Å². The SMILES string of the molecule is O[C@H]1CC[C@H](Oc2ncc3ncnc(Nc4ccc(F)c(Cl)c4)c3n2)CC1. The molecule has 1 aromatic carbocycles. The molecular formula is C18H17ClFN5O2. The van der Waals surface area contributed by atoms with Crippen molar-refractivity contribution in [3.63, 3.8) is 0 Å². The molecule has 0 aliphatic heterocycles. The summed E-state index contributed by atoms with van der Waals surface area (Å²) in [4.78, 5) is 17.0. The van der Waals surface area contributed by atoms with Crippen molar-refractivity contribution in [1.82, 2.24) is 19.9 Å². The number of fused-ring (bicyclic) bond motifs is 1. The highest BCUT2D eigenvalue weighted by molar-refractivity contribution is 6.31. The van der Waals surface area contributed by atoms with Gasteiger partial charge in [-0.2, -0.15) is 4.98 Å². The molecule has 2 aromatic heterocycles. The Balaban J connectivity index is 1.60. The second-order valence-corrected chi connectivity index (χ2v) is 6.82. The quantitative estimate of drug-likeness (QED) is 0.703. The minimum atomic E-state index is -0.495. The van der Waals surface area contributed by atoms with Crippen LogP contribution >= 0.6 is 11.6 Å². The van der Waals surface area contributed by atoms with Gasteiger partial charge in [-0.15, -0.1) is 0 Å². The lowest BCUT2D eigenvalue weighted by Crippen LogP contribution is -2.27. The first-order valence-electron chi connectivity index (χ1n) is 8.63. The molecule has 0 atom stereocenters. The van der Waals surface area contributed by atoms with Crippen molar-refractivity contribution in [3.05, 3.63) is 41.6 Å². The predicted octanol–water partition coefficient (Wildman–Crippen LogP) is 3.64. The molecule has 1 fully saturated rings. The summed E-state index contributed by atoms with van der Waals surface area (Å²) in [5.41, 5.74) is 1.61. The zero-order valence-electron chi connectivity index (χ0n) is 14.3. The van der Waals surface area contributed by atoms with Crippen molar-refractivity contribution in [3.8, 4) is 6.01 Å². The first-order chi connectivity index (χ1) is 13.1. The summed E-state index contributed by atoms with van der Waals surface area (Å²) in [6, 6.07) is 4.53. The summed E-state index contributed by atoms with van der Waals surface area (Å²) in [6.07, 6.45) is 5.61. The molecule has 1 saturated carbocycles. The van der Waals surface area contributed by atoms with E-state index in [0.717, 1.165) is 12.8 Å². The van der Waals surface area contributed by atoms with Crippen LogP contribution in [-0.2, 0) is 0 Å². The third kappa shape index (κ3) is 4.06. The molecule has 0 spiro atoms. The van der Waals surface area contributed by atoms with E-state index in [9.17, 15) is 9.50 Å². The molecule has 0 bridgehead atoms. The van der Waals surface area contributed by atoms with Crippen LogP contribution in [0.1, 0.15) is 25.7 Å². The lowest BCUT2D eigenvalue weighted by Gasteiger charge is -2.25. The molecule has 2 N–H and O–H groups in total. The Hall–Kier alpha value is -2.58. The van der Waals surface area contributed by atoms with Crippen LogP contribution in [-0.4, -0.2) is 37.3 Å². The zero-order valence-corrected chi connectivity index (χ0v) is 15.0. The molecule has 1 aliphatic rings. The lowest BCUT2D eigenvalue weighted by molar-refractivity contribution is 0.0620. The highest BCUT2D eigenvalue weighted by atomic mass is 35.5. The van der Waals surface area contributed by atoms with Crippen molar-refractivity contribution in [2.24, 2.45) is 0 Å². The van der Waals surface area contributed by atoms with Crippen LogP contribution < -0.4 is 10.1 Å². The Kier molecular flexibility index (Phi) is 5.00. The number of aromatic nitrogens is 4. The number of hydrogen-bond donors (Lipinski definition) is 2. The van der Waals surface area contributed by atoms with Crippen LogP contribution in [0.15, 0.2) is 30.7 Å². The standard InChI is InChI=1S/C18H17ClFN5O2/c19-13-7-10(1-6-14(13)20)24-17-16-15(22-9-23-17)8-21-18(25-16)27-12-4-2-11(26)3-5-12/h1,6-9,11-12,26H,2-5H2,(H,22,23,24)/t11-,12-. The van der Waals surface area contributed by atoms with Crippen LogP contribution in [0.4, 0.5) is 15.9 Å². The molecule has 4 rings (SSSR count). The summed E-state index contributed by atoms with van der Waals surface area (Å²) >= 11 is 5.83. The van der Waals surface area contributed by atoms with Gasteiger partial charge >= 0.3 is 6.01 Å². The molecule has 1 aliphatic carbocycles. The number of halogens is 2. The Morgan fingerprint density at radius 1 is 1.15 bits per heavy atom. The average Bonchev–Trinajstić information content (AvgIpc) is 2.67. The molecule has 7 nitrogen and oxygen atoms in total. The van der Waals surface area contributed by atoms with Gasteiger partial charge in [0, 0.05) is 5.69 Å². The van der Waals surface area contributed by atoms with Gasteiger partial charge < -0.3 is 15.2 Å². The fraction of sp³-hybridized carbons (Fsp3) is 0.333. The van der Waals surface area contributed by atoms with Crippen LogP contribution in [0.3, 0.4) is 0 Å². The zero-order chi connectivity index (χ0) is 18.8. The van der Waals surface area contributed by atoms with Crippen molar-refractivity contribution >= 4 is 34.1 Å². The van der Waals surface area contributed by atoms with Gasteiger partial charge in [-0.25, -0.2) is 19.3 Å². The molecule has 0 amide bonds. The van der Waals surface area contributed by atoms with E-state index in [4.69, 9.17) is 16.3 Å². The number of benzene rings is 1. The number of ether oxygens (including phenoxy) is 1. The van der Waals surface area contributed by atoms with Gasteiger partial charge in [0.1, 0.15) is 29.3 Å². The lowest BCUT2D eigenvalue weighted by atomic mass is 9.95. The van der Waals surface area contributed by atoms with Gasteiger partial charge in [-0.1, -0.05) is 11.6 Å². The first-order valence-corrected chi connectivity index (χ1v) is 9.01. The van der Waals surface area contributed by atoms with E-state index in [-0.39, 0.29) is 23.2 Å². The van der Waals surface area contributed by atoms with Gasteiger partial charge in [0.25, 0.3) is 0 Å². The number of nitrogens with one attached hydrogen (secondary N) is 1. The highest BCUT2D eigenvalue weighted by Crippen LogP contribution is 2.27. The molecule has 0 unspecified atom stereocenters. The summed E-state index contributed by atoms with van der Waals surface area (Å²) in [7, 11) is 0. The minimum Gasteiger partial charge on any atom is -0.460 e. The molecule has 27 heavy (non-hydrogen) atoms. The fourth-order valence-corrected chi connectivity index (χ4v) is 3.19. The number of hydrogen-bond acceptors (Lipinski definition) is 7. The minimum absolute atomic E-state index is 0.0106. The molecular weight excluding hydrogens is 373 g/mol. The highest BCUT2D eigenvalue weighted by Gasteiger charge is 2.22. The third-order valence-electron chi connectivity index (χ3n) is 4.45. The average molecular weight is 390 g/mol. The largest absolute Gasteiger partial charge is 0.460 e. The van der Waals surface area contributed by atoms with Crippen molar-refractivity contribution in [1.29, 1.82) is 0 Å². The molecule has 9 heteroatoms. The molecule has 3 aromatic rings. The summed E-state index contributed by atoms with van der Waals surface area (Å²) in [5, 5.41) is 12.7. The van der Waals surface area contributed by atoms with Gasteiger partial charge in [0.2, 0.25) is 0 Å². The maximum atomic E-state index is 13.4. The van der Waals surface area contributed by atoms with E-state index in [1.807, 2.05) is 0 Å². The van der Waals surface area contributed by atoms with Crippen molar-refractivity contribution in [2.75, 3.05) is 5.32 Å². The maximum absolute atomic E-state index is 13.4. The summed E-state index contributed by atoms with van der Waals surface area (Å²) < 4.78 is 19.2. The Labute approximate surface area is 159 Å². The molecule has 0 radical (unpaired) electrons. The number of anilines is 2. The van der Waals surface area contributed by atoms with Crippen LogP contribution in [0, 0.1) is 5.82 Å². The van der Waals surface area contributed by atoms with Crippen LogP contribution in [0.25, 0.3) is 11.0 Å². The van der Waals surface area contributed by atoms with Crippen molar-refractivity contribution in [2.45, 2.75) is 37.9 Å². The monoisotopic (exact) mass is 389 g/mol. The number of rotatable bonds is 4. The number of aliphatic hydroxyl groups is 1. The molecule has 140 valence electrons. The Morgan fingerprint density at radius 3 is 2.74 bits per heavy atom. The van der Waals surface area contributed by atoms with E-state index in [0.29, 0.717) is 35.4 Å². The summed E-state index contributed by atoms with van der Waals surface area (Å²) in [5.74, 6) is -0.0561. The Morgan fingerprint density at radius 2 is 1.96 bits per heavy atom. The first kappa shape index (κ1) is 17.8. The second kappa shape index (κ2) is 7.58. The van der Waals surface area contributed by atoms with Gasteiger partial charge in [0.05, 0.1) is 17.3 Å². The normalized spacial score (nSPS) is 19.8. The van der Waals surface area contributed by atoms with E-state index < -0.39 is 5.82 Å². The predicted molar refractivity (Wildman–Crippen MR) is 98.7 cm³/mol. The third-order valence-corrected chi connectivity index (χ3v) is 4.74.